The summed E-state index contributed by atoms with van der Waals surface area (Å²) < 4.78 is 13.4. The van der Waals surface area contributed by atoms with Crippen LogP contribution in [-0.2, 0) is 0 Å². The van der Waals surface area contributed by atoms with Crippen molar-refractivity contribution < 1.29 is 9.50 Å². The minimum atomic E-state index is -0.582. The number of nitrogens with one attached hydrogen (secondary N) is 1. The molecule has 0 bridgehead atoms. The standard InChI is InChI=1S/C12H15BrFNO/c13-10-7-9(3-4-11(10)14)15-8-12(16)5-1-2-6-12/h3-4,7,15-16H,1-2,5-6,8H2. The predicted molar refractivity (Wildman–Crippen MR) is 66.0 cm³/mol. The van der Waals surface area contributed by atoms with Crippen LogP contribution in [0.1, 0.15) is 25.7 Å². The lowest BCUT2D eigenvalue weighted by atomic mass is 10.0. The first kappa shape index (κ1) is 11.9. The molecular weight excluding hydrogens is 273 g/mol. The van der Waals surface area contributed by atoms with Crippen LogP contribution in [0.2, 0.25) is 0 Å². The zero-order chi connectivity index (χ0) is 11.6. The molecule has 0 spiro atoms. The SMILES string of the molecule is OC1(CNc2ccc(F)c(Br)c2)CCCC1. The van der Waals surface area contributed by atoms with E-state index < -0.39 is 5.60 Å². The topological polar surface area (TPSA) is 32.3 Å². The molecule has 0 saturated heterocycles. The number of benzene rings is 1. The van der Waals surface area contributed by atoms with Crippen LogP contribution in [0.25, 0.3) is 0 Å². The second-order valence-corrected chi connectivity index (χ2v) is 5.27. The Morgan fingerprint density at radius 2 is 2.06 bits per heavy atom. The Kier molecular flexibility index (Phi) is 3.50. The summed E-state index contributed by atoms with van der Waals surface area (Å²) >= 11 is 3.14. The number of halogens is 2. The molecule has 88 valence electrons. The molecule has 1 aliphatic rings. The van der Waals surface area contributed by atoms with Crippen molar-refractivity contribution in [1.82, 2.24) is 0 Å². The molecule has 4 heteroatoms. The van der Waals surface area contributed by atoms with Crippen molar-refractivity contribution in [2.45, 2.75) is 31.3 Å². The van der Waals surface area contributed by atoms with E-state index >= 15 is 0 Å². The van der Waals surface area contributed by atoms with Crippen LogP contribution >= 0.6 is 15.9 Å². The average Bonchev–Trinajstić information content (AvgIpc) is 2.68. The fourth-order valence-electron chi connectivity index (χ4n) is 2.08. The summed E-state index contributed by atoms with van der Waals surface area (Å²) in [5, 5.41) is 13.3. The summed E-state index contributed by atoms with van der Waals surface area (Å²) in [7, 11) is 0. The fourth-order valence-corrected chi connectivity index (χ4v) is 2.46. The van der Waals surface area contributed by atoms with Crippen LogP contribution < -0.4 is 5.32 Å². The molecule has 0 unspecified atom stereocenters. The zero-order valence-corrected chi connectivity index (χ0v) is 10.6. The van der Waals surface area contributed by atoms with Crippen molar-refractivity contribution in [1.29, 1.82) is 0 Å². The van der Waals surface area contributed by atoms with E-state index in [1.165, 1.54) is 6.07 Å². The summed E-state index contributed by atoms with van der Waals surface area (Å²) in [4.78, 5) is 0. The van der Waals surface area contributed by atoms with E-state index in [2.05, 4.69) is 21.2 Å². The number of hydrogen-bond acceptors (Lipinski definition) is 2. The number of rotatable bonds is 3. The lowest BCUT2D eigenvalue weighted by molar-refractivity contribution is 0.0615. The Morgan fingerprint density at radius 3 is 2.69 bits per heavy atom. The number of hydrogen-bond donors (Lipinski definition) is 2. The average molecular weight is 288 g/mol. The Morgan fingerprint density at radius 1 is 1.38 bits per heavy atom. The van der Waals surface area contributed by atoms with Crippen molar-refractivity contribution in [2.24, 2.45) is 0 Å². The smallest absolute Gasteiger partial charge is 0.137 e. The number of aliphatic hydroxyl groups is 1. The van der Waals surface area contributed by atoms with Crippen molar-refractivity contribution in [3.8, 4) is 0 Å². The van der Waals surface area contributed by atoms with E-state index in [4.69, 9.17) is 0 Å². The summed E-state index contributed by atoms with van der Waals surface area (Å²) in [5.74, 6) is -0.273. The molecule has 0 radical (unpaired) electrons. The lowest BCUT2D eigenvalue weighted by Gasteiger charge is -2.23. The van der Waals surface area contributed by atoms with Crippen LogP contribution in [0.5, 0.6) is 0 Å². The molecule has 0 amide bonds. The summed E-state index contributed by atoms with van der Waals surface area (Å²) in [6.07, 6.45) is 3.88. The normalized spacial score (nSPS) is 18.7. The highest BCUT2D eigenvalue weighted by Crippen LogP contribution is 2.30. The van der Waals surface area contributed by atoms with Gasteiger partial charge in [-0.05, 0) is 47.0 Å². The fraction of sp³-hybridized carbons (Fsp3) is 0.500. The van der Waals surface area contributed by atoms with Gasteiger partial charge in [-0.15, -0.1) is 0 Å². The Hall–Kier alpha value is -0.610. The van der Waals surface area contributed by atoms with E-state index in [0.717, 1.165) is 31.4 Å². The van der Waals surface area contributed by atoms with Crippen LogP contribution in [0, 0.1) is 5.82 Å². The van der Waals surface area contributed by atoms with E-state index in [1.54, 1.807) is 12.1 Å². The molecule has 0 aromatic heterocycles. The van der Waals surface area contributed by atoms with E-state index in [1.807, 2.05) is 0 Å². The van der Waals surface area contributed by atoms with Gasteiger partial charge in [-0.3, -0.25) is 0 Å². The third kappa shape index (κ3) is 2.74. The van der Waals surface area contributed by atoms with Gasteiger partial charge in [-0.1, -0.05) is 12.8 Å². The summed E-state index contributed by atoms with van der Waals surface area (Å²) in [6.45, 7) is 0.533. The Labute approximate surface area is 103 Å². The first-order chi connectivity index (χ1) is 7.59. The van der Waals surface area contributed by atoms with Gasteiger partial charge in [0.1, 0.15) is 5.82 Å². The van der Waals surface area contributed by atoms with Crippen LogP contribution in [0.4, 0.5) is 10.1 Å². The molecule has 1 saturated carbocycles. The van der Waals surface area contributed by atoms with Crippen LogP contribution in [0.15, 0.2) is 22.7 Å². The molecule has 2 rings (SSSR count). The molecule has 16 heavy (non-hydrogen) atoms. The molecule has 0 heterocycles. The van der Waals surface area contributed by atoms with E-state index in [9.17, 15) is 9.50 Å². The first-order valence-electron chi connectivity index (χ1n) is 5.50. The van der Waals surface area contributed by atoms with Gasteiger partial charge in [-0.25, -0.2) is 4.39 Å². The Balaban J connectivity index is 1.96. The number of anilines is 1. The van der Waals surface area contributed by atoms with Gasteiger partial charge in [0, 0.05) is 12.2 Å². The van der Waals surface area contributed by atoms with Crippen molar-refractivity contribution in [3.05, 3.63) is 28.5 Å². The predicted octanol–water partition coefficient (Wildman–Crippen LogP) is 3.31. The third-order valence-corrected chi connectivity index (χ3v) is 3.68. The summed E-state index contributed by atoms with van der Waals surface area (Å²) in [5.41, 5.74) is 0.245. The highest BCUT2D eigenvalue weighted by atomic mass is 79.9. The highest BCUT2D eigenvalue weighted by molar-refractivity contribution is 9.10. The van der Waals surface area contributed by atoms with Crippen molar-refractivity contribution >= 4 is 21.6 Å². The van der Waals surface area contributed by atoms with Gasteiger partial charge >= 0.3 is 0 Å². The molecular formula is C12H15BrFNO. The molecule has 0 aliphatic heterocycles. The maximum Gasteiger partial charge on any atom is 0.137 e. The molecule has 2 nitrogen and oxygen atoms in total. The van der Waals surface area contributed by atoms with Gasteiger partial charge in [0.2, 0.25) is 0 Å². The second-order valence-electron chi connectivity index (χ2n) is 4.41. The van der Waals surface area contributed by atoms with Crippen molar-refractivity contribution in [3.63, 3.8) is 0 Å². The zero-order valence-electron chi connectivity index (χ0n) is 8.97. The molecule has 2 N–H and O–H groups in total. The largest absolute Gasteiger partial charge is 0.388 e. The lowest BCUT2D eigenvalue weighted by Crippen LogP contribution is -2.33. The first-order valence-corrected chi connectivity index (χ1v) is 6.30. The maximum absolute atomic E-state index is 13.0. The van der Waals surface area contributed by atoms with Crippen LogP contribution in [-0.4, -0.2) is 17.3 Å². The van der Waals surface area contributed by atoms with E-state index in [0.29, 0.717) is 11.0 Å². The Bertz CT molecular complexity index is 377. The molecule has 1 aromatic rings. The molecule has 0 atom stereocenters. The van der Waals surface area contributed by atoms with Gasteiger partial charge in [0.05, 0.1) is 10.1 Å². The van der Waals surface area contributed by atoms with Gasteiger partial charge in [0.25, 0.3) is 0 Å². The highest BCUT2D eigenvalue weighted by Gasteiger charge is 2.30. The van der Waals surface area contributed by atoms with E-state index in [-0.39, 0.29) is 5.82 Å². The van der Waals surface area contributed by atoms with Gasteiger partial charge in [0.15, 0.2) is 0 Å². The van der Waals surface area contributed by atoms with Gasteiger partial charge in [-0.2, -0.15) is 0 Å². The minimum Gasteiger partial charge on any atom is -0.388 e. The summed E-state index contributed by atoms with van der Waals surface area (Å²) in [6, 6.07) is 4.77. The van der Waals surface area contributed by atoms with Gasteiger partial charge < -0.3 is 10.4 Å². The minimum absolute atomic E-state index is 0.273. The second kappa shape index (κ2) is 4.72. The molecule has 1 aliphatic carbocycles. The van der Waals surface area contributed by atoms with Crippen LogP contribution in [0.3, 0.4) is 0 Å². The third-order valence-electron chi connectivity index (χ3n) is 3.08. The molecule has 1 aromatic carbocycles. The van der Waals surface area contributed by atoms with Crippen molar-refractivity contribution in [2.75, 3.05) is 11.9 Å². The molecule has 1 fully saturated rings. The quantitative estimate of drug-likeness (QED) is 0.894. The maximum atomic E-state index is 13.0. The monoisotopic (exact) mass is 287 g/mol.